The summed E-state index contributed by atoms with van der Waals surface area (Å²) in [5.41, 5.74) is 7.32. The number of aromatic nitrogens is 3. The molecule has 1 fully saturated rings. The summed E-state index contributed by atoms with van der Waals surface area (Å²) in [7, 11) is 0. The first-order chi connectivity index (χ1) is 17.8. The van der Waals surface area contributed by atoms with Gasteiger partial charge in [0.25, 0.3) is 0 Å². The molecule has 1 aliphatic heterocycles. The number of hydrogen-bond donors (Lipinski definition) is 2. The van der Waals surface area contributed by atoms with Crippen LogP contribution in [0.2, 0.25) is 5.21 Å². The quantitative estimate of drug-likeness (QED) is 0.291. The zero-order valence-electron chi connectivity index (χ0n) is 20.0. The molecular weight excluding hydrogens is 509 g/mol. The van der Waals surface area contributed by atoms with E-state index in [-0.39, 0.29) is 15.8 Å². The molecule has 1 saturated heterocycles. The van der Waals surface area contributed by atoms with Gasteiger partial charge in [-0.25, -0.2) is 0 Å². The van der Waals surface area contributed by atoms with Crippen LogP contribution in [0.1, 0.15) is 16.7 Å². The number of nitrogens with zero attached hydrogens (tertiary/aromatic N) is 3. The fourth-order valence-electron chi connectivity index (χ4n) is 5.05. The van der Waals surface area contributed by atoms with E-state index in [1.54, 1.807) is 0 Å². The van der Waals surface area contributed by atoms with Crippen LogP contribution >= 0.6 is 0 Å². The number of benzene rings is 3. The molecule has 1 aliphatic rings. The van der Waals surface area contributed by atoms with E-state index in [1.807, 2.05) is 18.2 Å². The van der Waals surface area contributed by atoms with Gasteiger partial charge in [-0.15, -0.1) is 0 Å². The van der Waals surface area contributed by atoms with Crippen LogP contribution in [0.3, 0.4) is 0 Å². The van der Waals surface area contributed by atoms with Gasteiger partial charge in [0.2, 0.25) is 0 Å². The molecule has 6 nitrogen and oxygen atoms in total. The Bertz CT molecular complexity index is 1530. The number of hydrogen-bond acceptors (Lipinski definition) is 4. The van der Waals surface area contributed by atoms with Gasteiger partial charge in [0.05, 0.1) is 0 Å². The Morgan fingerprint density at radius 1 is 1.03 bits per heavy atom. The van der Waals surface area contributed by atoms with E-state index in [0.717, 1.165) is 59.3 Å². The molecule has 180 valence electrons. The number of ether oxygens (including phenoxy) is 1. The first kappa shape index (κ1) is 23.1. The summed E-state index contributed by atoms with van der Waals surface area (Å²) in [6.07, 6.45) is 0.345. The molecule has 0 amide bonds. The maximum absolute atomic E-state index is 9.18. The van der Waals surface area contributed by atoms with Crippen LogP contribution in [0.15, 0.2) is 72.8 Å². The van der Waals surface area contributed by atoms with Crippen molar-refractivity contribution in [1.29, 1.82) is 5.26 Å². The van der Waals surface area contributed by atoms with E-state index in [1.165, 1.54) is 21.7 Å². The Hall–Kier alpha value is -3.36. The molecule has 36 heavy (non-hydrogen) atoms. The van der Waals surface area contributed by atoms with Crippen LogP contribution in [-0.4, -0.2) is 61.6 Å². The predicted octanol–water partition coefficient (Wildman–Crippen LogP) is 4.84. The summed E-state index contributed by atoms with van der Waals surface area (Å²) in [5, 5.41) is 21.4. The van der Waals surface area contributed by atoms with E-state index in [2.05, 4.69) is 80.7 Å². The molecule has 2 N–H and O–H groups in total. The Morgan fingerprint density at radius 2 is 1.94 bits per heavy atom. The zero-order chi connectivity index (χ0) is 24.3. The molecule has 0 aliphatic carbocycles. The summed E-state index contributed by atoms with van der Waals surface area (Å²) in [4.78, 5) is 6.09. The van der Waals surface area contributed by atoms with Gasteiger partial charge in [0.1, 0.15) is 0 Å². The third kappa shape index (κ3) is 4.83. The average molecular weight is 537 g/mol. The van der Waals surface area contributed by atoms with Crippen molar-refractivity contribution in [2.45, 2.75) is 23.1 Å². The number of rotatable bonds is 7. The van der Waals surface area contributed by atoms with Crippen LogP contribution in [0, 0.1) is 11.3 Å². The monoisotopic (exact) mass is 537 g/mol. The van der Waals surface area contributed by atoms with Crippen molar-refractivity contribution < 1.29 is 4.74 Å². The minimum atomic E-state index is -0.175. The normalized spacial score (nSPS) is 16.8. The summed E-state index contributed by atoms with van der Waals surface area (Å²) in [6, 6.07) is 27.3. The van der Waals surface area contributed by atoms with Crippen molar-refractivity contribution in [2.75, 3.05) is 19.7 Å². The summed E-state index contributed by atoms with van der Waals surface area (Å²) >= 11 is -0.175. The molecule has 0 spiro atoms. The Balaban J connectivity index is 1.13. The summed E-state index contributed by atoms with van der Waals surface area (Å²) < 4.78 is 6.13. The second kappa shape index (κ2) is 10.3. The molecule has 5 aromatic rings. The Morgan fingerprint density at radius 3 is 2.83 bits per heavy atom. The average Bonchev–Trinajstić information content (AvgIpc) is 3.53. The predicted molar refractivity (Wildman–Crippen MR) is 145 cm³/mol. The first-order valence-corrected chi connectivity index (χ1v) is 15.3. The topological polar surface area (TPSA) is 80.7 Å². The van der Waals surface area contributed by atoms with Crippen LogP contribution in [0.25, 0.3) is 33.2 Å². The van der Waals surface area contributed by atoms with Gasteiger partial charge >= 0.3 is 217 Å². The van der Waals surface area contributed by atoms with Gasteiger partial charge < -0.3 is 0 Å². The molecule has 2 aromatic heterocycles. The summed E-state index contributed by atoms with van der Waals surface area (Å²) in [6.45, 7) is 3.87. The van der Waals surface area contributed by atoms with Crippen LogP contribution in [0.4, 0.5) is 0 Å². The standard InChI is InChI=1S/C29H28AsN5O/c31-17-21-9-10-24-27(13-21)33-34-29(24)28-14-25-22(7-4-8-26(25)32-28)15-30-16-23-19-35(11-12-36-23)18-20-5-2-1-3-6-20/h1-10,13-14,23,30,32H,11-12,15-16,18-19H2,(H,33,34). The Labute approximate surface area is 217 Å². The SMILES string of the molecule is N#Cc1ccc2c(-c3cc4c(C[AsH]CC5CN(Cc6ccccc6)CCO5)cccc4[nH]3)n[nH]c2c1. The van der Waals surface area contributed by atoms with Gasteiger partial charge in [-0.3, -0.25) is 0 Å². The molecule has 2 atom stereocenters. The van der Waals surface area contributed by atoms with E-state index in [4.69, 9.17) is 4.74 Å². The van der Waals surface area contributed by atoms with E-state index >= 15 is 0 Å². The molecule has 2 unspecified atom stereocenters. The molecule has 0 radical (unpaired) electrons. The van der Waals surface area contributed by atoms with Crippen molar-refractivity contribution >= 4 is 37.6 Å². The minimum absolute atomic E-state index is 0.175. The second-order valence-electron chi connectivity index (χ2n) is 9.35. The molecule has 3 aromatic carbocycles. The van der Waals surface area contributed by atoms with Gasteiger partial charge in [0.15, 0.2) is 0 Å². The molecule has 7 heteroatoms. The number of morpholine rings is 1. The number of H-pyrrole nitrogens is 2. The van der Waals surface area contributed by atoms with E-state index < -0.39 is 0 Å². The Kier molecular flexibility index (Phi) is 6.61. The number of nitrogens with one attached hydrogen (secondary N) is 2. The maximum atomic E-state index is 9.18. The van der Waals surface area contributed by atoms with Crippen molar-refractivity contribution in [1.82, 2.24) is 20.1 Å². The molecule has 0 saturated carbocycles. The molecular formula is C29H28AsN5O. The van der Waals surface area contributed by atoms with Crippen LogP contribution in [-0.2, 0) is 16.5 Å². The van der Waals surface area contributed by atoms with Gasteiger partial charge in [-0.05, 0) is 0 Å². The van der Waals surface area contributed by atoms with Gasteiger partial charge in [-0.1, -0.05) is 0 Å². The third-order valence-corrected chi connectivity index (χ3v) is 9.75. The van der Waals surface area contributed by atoms with Crippen LogP contribution < -0.4 is 0 Å². The van der Waals surface area contributed by atoms with Gasteiger partial charge in [0, 0.05) is 0 Å². The fraction of sp³-hybridized carbons (Fsp3) is 0.241. The molecule has 6 rings (SSSR count). The second-order valence-corrected chi connectivity index (χ2v) is 12.0. The number of nitriles is 1. The molecule has 0 bridgehead atoms. The summed E-state index contributed by atoms with van der Waals surface area (Å²) in [5.74, 6) is 0. The van der Waals surface area contributed by atoms with Crippen molar-refractivity contribution in [3.63, 3.8) is 0 Å². The fourth-order valence-corrected chi connectivity index (χ4v) is 7.76. The third-order valence-electron chi connectivity index (χ3n) is 6.86. The van der Waals surface area contributed by atoms with E-state index in [0.29, 0.717) is 11.7 Å². The van der Waals surface area contributed by atoms with Crippen molar-refractivity contribution in [2.24, 2.45) is 0 Å². The number of fused-ring (bicyclic) bond motifs is 2. The number of aromatic amines is 2. The van der Waals surface area contributed by atoms with Crippen molar-refractivity contribution in [3.8, 4) is 17.5 Å². The zero-order valence-corrected chi connectivity index (χ0v) is 22.1. The van der Waals surface area contributed by atoms with Crippen molar-refractivity contribution in [3.05, 3.63) is 89.5 Å². The van der Waals surface area contributed by atoms with Crippen LogP contribution in [0.5, 0.6) is 0 Å². The van der Waals surface area contributed by atoms with E-state index in [9.17, 15) is 5.26 Å². The first-order valence-electron chi connectivity index (χ1n) is 12.3. The van der Waals surface area contributed by atoms with Gasteiger partial charge in [-0.2, -0.15) is 0 Å². The molecule has 3 heterocycles.